The van der Waals surface area contributed by atoms with Crippen LogP contribution in [0.1, 0.15) is 69.9 Å². The van der Waals surface area contributed by atoms with E-state index in [1.807, 2.05) is 6.07 Å². The highest BCUT2D eigenvalue weighted by molar-refractivity contribution is 6.29. The summed E-state index contributed by atoms with van der Waals surface area (Å²) < 4.78 is 0. The monoisotopic (exact) mass is 305 g/mol. The molecule has 0 N–H and O–H groups in total. The summed E-state index contributed by atoms with van der Waals surface area (Å²) in [6, 6.07) is 6.12. The van der Waals surface area contributed by atoms with Gasteiger partial charge in [-0.05, 0) is 36.3 Å². The van der Waals surface area contributed by atoms with Gasteiger partial charge in [0.25, 0.3) is 0 Å². The molecule has 1 aromatic rings. The van der Waals surface area contributed by atoms with Crippen molar-refractivity contribution in [3.8, 4) is 0 Å². The van der Waals surface area contributed by atoms with Gasteiger partial charge in [0.05, 0.1) is 0 Å². The van der Waals surface area contributed by atoms with E-state index in [-0.39, 0.29) is 0 Å². The zero-order chi connectivity index (χ0) is 14.5. The van der Waals surface area contributed by atoms with E-state index in [9.17, 15) is 0 Å². The van der Waals surface area contributed by atoms with E-state index in [4.69, 9.17) is 11.6 Å². The Bertz CT molecular complexity index is 415. The number of rotatable bonds is 4. The predicted molar refractivity (Wildman–Crippen MR) is 89.6 cm³/mol. The molecule has 0 bridgehead atoms. The van der Waals surface area contributed by atoms with Crippen LogP contribution < -0.4 is 0 Å². The van der Waals surface area contributed by atoms with Crippen molar-refractivity contribution >= 4 is 11.6 Å². The van der Waals surface area contributed by atoms with Crippen LogP contribution in [-0.4, -0.2) is 4.98 Å². The minimum absolute atomic E-state index is 0.651. The lowest BCUT2D eigenvalue weighted by Crippen LogP contribution is -2.29. The molecule has 0 amide bonds. The normalized spacial score (nSPS) is 21.8. The van der Waals surface area contributed by atoms with Gasteiger partial charge in [-0.2, -0.15) is 0 Å². The van der Waals surface area contributed by atoms with Crippen LogP contribution in [0.25, 0.3) is 0 Å². The summed E-state index contributed by atoms with van der Waals surface area (Å²) in [5, 5.41) is 0.651. The van der Waals surface area contributed by atoms with Crippen LogP contribution in [0.15, 0.2) is 18.2 Å². The van der Waals surface area contributed by atoms with Gasteiger partial charge in [0.15, 0.2) is 0 Å². The zero-order valence-corrected chi connectivity index (χ0v) is 13.8. The summed E-state index contributed by atoms with van der Waals surface area (Å²) in [5.74, 6) is 2.71. The fourth-order valence-corrected chi connectivity index (χ4v) is 4.83. The van der Waals surface area contributed by atoms with Gasteiger partial charge in [-0.25, -0.2) is 4.98 Å². The lowest BCUT2D eigenvalue weighted by molar-refractivity contribution is 0.142. The van der Waals surface area contributed by atoms with Crippen molar-refractivity contribution in [3.63, 3.8) is 0 Å². The van der Waals surface area contributed by atoms with Gasteiger partial charge < -0.3 is 0 Å². The predicted octanol–water partition coefficient (Wildman–Crippen LogP) is 6.05. The number of aromatic nitrogens is 1. The van der Waals surface area contributed by atoms with Crippen LogP contribution >= 0.6 is 11.6 Å². The molecule has 2 aliphatic rings. The molecule has 3 rings (SSSR count). The summed E-state index contributed by atoms with van der Waals surface area (Å²) in [5.41, 5.74) is 1.21. The Morgan fingerprint density at radius 2 is 1.48 bits per heavy atom. The molecule has 0 unspecified atom stereocenters. The molecule has 0 aromatic carbocycles. The molecule has 21 heavy (non-hydrogen) atoms. The third kappa shape index (κ3) is 4.22. The molecule has 2 heteroatoms. The summed E-state index contributed by atoms with van der Waals surface area (Å²) in [6.45, 7) is 0. The summed E-state index contributed by atoms with van der Waals surface area (Å²) in [7, 11) is 0. The molecule has 1 heterocycles. The Morgan fingerprint density at radius 1 is 0.905 bits per heavy atom. The molecule has 0 spiro atoms. The highest BCUT2D eigenvalue weighted by Gasteiger charge is 2.31. The first kappa shape index (κ1) is 15.3. The average Bonchev–Trinajstić information content (AvgIpc) is 2.54. The lowest BCUT2D eigenvalue weighted by Gasteiger charge is -2.38. The number of hydrogen-bond acceptors (Lipinski definition) is 1. The lowest BCUT2D eigenvalue weighted by atomic mass is 9.68. The number of halogens is 1. The Hall–Kier alpha value is -0.560. The van der Waals surface area contributed by atoms with Crippen molar-refractivity contribution in [1.82, 2.24) is 4.98 Å². The van der Waals surface area contributed by atoms with Crippen molar-refractivity contribution < 1.29 is 0 Å². The van der Waals surface area contributed by atoms with Crippen LogP contribution in [0.2, 0.25) is 5.15 Å². The molecule has 0 radical (unpaired) electrons. The summed E-state index contributed by atoms with van der Waals surface area (Å²) >= 11 is 6.09. The standard InChI is InChI=1S/C19H28ClN/c20-19-13-7-12-17(21-19)14-18(15-8-3-1-4-9-15)16-10-5-2-6-11-16/h7,12-13,15-16,18H,1-6,8-11,14H2. The molecule has 1 nitrogen and oxygen atoms in total. The first-order chi connectivity index (χ1) is 10.3. The van der Waals surface area contributed by atoms with Crippen molar-refractivity contribution in [2.75, 3.05) is 0 Å². The quantitative estimate of drug-likeness (QED) is 0.617. The van der Waals surface area contributed by atoms with E-state index in [1.54, 1.807) is 0 Å². The van der Waals surface area contributed by atoms with Gasteiger partial charge in [-0.3, -0.25) is 0 Å². The number of pyridine rings is 1. The van der Waals surface area contributed by atoms with Gasteiger partial charge >= 0.3 is 0 Å². The molecule has 2 aliphatic carbocycles. The maximum atomic E-state index is 6.09. The largest absolute Gasteiger partial charge is 0.241 e. The molecule has 1 aromatic heterocycles. The van der Waals surface area contributed by atoms with Crippen LogP contribution in [0.4, 0.5) is 0 Å². The molecule has 2 saturated carbocycles. The summed E-state index contributed by atoms with van der Waals surface area (Å²) in [6.07, 6.45) is 15.6. The Kier molecular flexibility index (Phi) is 5.57. The second-order valence-electron chi connectivity index (χ2n) is 7.12. The minimum atomic E-state index is 0.651. The molecular weight excluding hydrogens is 278 g/mol. The second-order valence-corrected chi connectivity index (χ2v) is 7.50. The van der Waals surface area contributed by atoms with E-state index in [1.165, 1.54) is 69.9 Å². The summed E-state index contributed by atoms with van der Waals surface area (Å²) in [4.78, 5) is 4.57. The molecule has 0 aliphatic heterocycles. The van der Waals surface area contributed by atoms with Gasteiger partial charge in [0.2, 0.25) is 0 Å². The number of nitrogens with zero attached hydrogens (tertiary/aromatic N) is 1. The van der Waals surface area contributed by atoms with Crippen LogP contribution in [0.5, 0.6) is 0 Å². The van der Waals surface area contributed by atoms with E-state index >= 15 is 0 Å². The molecule has 116 valence electrons. The Balaban J connectivity index is 1.73. The molecule has 0 saturated heterocycles. The van der Waals surface area contributed by atoms with Crippen molar-refractivity contribution in [2.45, 2.75) is 70.6 Å². The van der Waals surface area contributed by atoms with Crippen molar-refractivity contribution in [1.29, 1.82) is 0 Å². The van der Waals surface area contributed by atoms with E-state index in [0.29, 0.717) is 5.15 Å². The average molecular weight is 306 g/mol. The first-order valence-corrected chi connectivity index (χ1v) is 9.32. The molecule has 2 fully saturated rings. The molecule has 0 atom stereocenters. The highest BCUT2D eigenvalue weighted by Crippen LogP contribution is 2.41. The fraction of sp³-hybridized carbons (Fsp3) is 0.737. The highest BCUT2D eigenvalue weighted by atomic mass is 35.5. The fourth-order valence-electron chi connectivity index (χ4n) is 4.65. The SMILES string of the molecule is Clc1cccc(CC(C2CCCCC2)C2CCCCC2)n1. The molecular formula is C19H28ClN. The van der Waals surface area contributed by atoms with Crippen LogP contribution in [0.3, 0.4) is 0 Å². The first-order valence-electron chi connectivity index (χ1n) is 8.94. The Labute approximate surface area is 134 Å². The van der Waals surface area contributed by atoms with Crippen LogP contribution in [-0.2, 0) is 6.42 Å². The van der Waals surface area contributed by atoms with Gasteiger partial charge in [0, 0.05) is 5.69 Å². The van der Waals surface area contributed by atoms with Crippen molar-refractivity contribution in [3.05, 3.63) is 29.0 Å². The minimum Gasteiger partial charge on any atom is -0.241 e. The van der Waals surface area contributed by atoms with Gasteiger partial charge in [-0.1, -0.05) is 81.9 Å². The third-order valence-corrected chi connectivity index (χ3v) is 5.94. The number of hydrogen-bond donors (Lipinski definition) is 0. The van der Waals surface area contributed by atoms with E-state index in [2.05, 4.69) is 17.1 Å². The van der Waals surface area contributed by atoms with E-state index in [0.717, 1.165) is 24.2 Å². The zero-order valence-electron chi connectivity index (χ0n) is 13.1. The second kappa shape index (κ2) is 7.63. The van der Waals surface area contributed by atoms with Gasteiger partial charge in [0.1, 0.15) is 5.15 Å². The maximum Gasteiger partial charge on any atom is 0.129 e. The topological polar surface area (TPSA) is 12.9 Å². The van der Waals surface area contributed by atoms with Crippen LogP contribution in [0, 0.1) is 17.8 Å². The van der Waals surface area contributed by atoms with E-state index < -0.39 is 0 Å². The smallest absolute Gasteiger partial charge is 0.129 e. The van der Waals surface area contributed by atoms with Crippen molar-refractivity contribution in [2.24, 2.45) is 17.8 Å². The maximum absolute atomic E-state index is 6.09. The Morgan fingerprint density at radius 3 is 2.00 bits per heavy atom. The van der Waals surface area contributed by atoms with Gasteiger partial charge in [-0.15, -0.1) is 0 Å². The third-order valence-electron chi connectivity index (χ3n) is 5.73.